The summed E-state index contributed by atoms with van der Waals surface area (Å²) in [5, 5.41) is 3.66. The summed E-state index contributed by atoms with van der Waals surface area (Å²) in [6.45, 7) is -1.22. The fourth-order valence-corrected chi connectivity index (χ4v) is 5.87. The molecule has 3 rings (SSSR count). The molecule has 0 saturated carbocycles. The molecule has 1 aliphatic heterocycles. The Labute approximate surface area is 208 Å². The van der Waals surface area contributed by atoms with Gasteiger partial charge in [0.25, 0.3) is 7.82 Å². The normalized spacial score (nSPS) is 22.9. The van der Waals surface area contributed by atoms with Gasteiger partial charge in [-0.2, -0.15) is 0 Å². The third-order valence-corrected chi connectivity index (χ3v) is 8.03. The third kappa shape index (κ3) is 7.74. The molecule has 0 bridgehead atoms. The Bertz CT molecular complexity index is 1370. The summed E-state index contributed by atoms with van der Waals surface area (Å²) >= 11 is 0. The molecule has 0 aliphatic carbocycles. The highest BCUT2D eigenvalue weighted by atomic mass is 31.3. The van der Waals surface area contributed by atoms with Gasteiger partial charge in [0, 0.05) is 17.5 Å². The van der Waals surface area contributed by atoms with E-state index in [-0.39, 0.29) is 18.8 Å². The van der Waals surface area contributed by atoms with Gasteiger partial charge >= 0.3 is 16.1 Å². The van der Waals surface area contributed by atoms with Crippen molar-refractivity contribution >= 4 is 40.8 Å². The summed E-state index contributed by atoms with van der Waals surface area (Å²) in [6, 6.07) is 0. The van der Waals surface area contributed by atoms with Crippen LogP contribution < -0.4 is 26.1 Å². The molecule has 1 aliphatic rings. The Morgan fingerprint density at radius 2 is 2.14 bits per heavy atom. The van der Waals surface area contributed by atoms with E-state index in [1.54, 1.807) is 6.20 Å². The average molecular weight is 578 g/mol. The van der Waals surface area contributed by atoms with Gasteiger partial charge in [0.1, 0.15) is 36.9 Å². The predicted molar refractivity (Wildman–Crippen MR) is 116 cm³/mol. The molecule has 0 radical (unpaired) electrons. The molecule has 200 valence electrons. The van der Waals surface area contributed by atoms with Crippen molar-refractivity contribution in [2.45, 2.75) is 24.9 Å². The first-order chi connectivity index (χ1) is 17.5. The number of nitrogens with two attached hydrogens (primary N) is 2. The van der Waals surface area contributed by atoms with Crippen LogP contribution in [-0.4, -0.2) is 46.6 Å². The fourth-order valence-electron chi connectivity index (χ4n) is 3.33. The average Bonchev–Trinajstić information content (AvgIpc) is 3.37. The second-order valence-corrected chi connectivity index (χ2v) is 10.7. The molecule has 6 atom stereocenters. The number of anilines is 1. The number of azide groups is 1. The maximum Gasteiger partial charge on any atom is 0.496 e. The summed E-state index contributed by atoms with van der Waals surface area (Å²) in [7, 11) is -15.4. The summed E-state index contributed by atoms with van der Waals surface area (Å²) in [6.07, 6.45) is -0.145. The zero-order valence-electron chi connectivity index (χ0n) is 18.4. The van der Waals surface area contributed by atoms with Gasteiger partial charge in [0.05, 0.1) is 30.2 Å². The molecule has 1 saturated heterocycles. The van der Waals surface area contributed by atoms with E-state index in [2.05, 4.69) is 45.0 Å². The Hall–Kier alpha value is -2.51. The van der Waals surface area contributed by atoms with E-state index in [9.17, 15) is 28.4 Å². The van der Waals surface area contributed by atoms with Crippen LogP contribution in [0.4, 0.5) is 5.82 Å². The Morgan fingerprint density at radius 3 is 2.81 bits per heavy atom. The summed E-state index contributed by atoms with van der Waals surface area (Å²) in [5.41, 5.74) is 20.7. The van der Waals surface area contributed by atoms with E-state index in [4.69, 9.17) is 26.5 Å². The molecule has 0 aromatic carbocycles. The lowest BCUT2D eigenvalue weighted by Crippen LogP contribution is -2.30. The standard InChI is InChI=1S/C15H19N8O11P3/c16-3-1-2-9-5-23(15-13(9)14(17)19-7-20-15)12-4-10(30-8-21-22-18)11(32-12)6-31-36(26,27)34-37(28,29)33-35(24)25/h5,7,10-12H,3-4,6,8,16H2,(H,26,27)(H,28,29)(H2,17,19,20)/p-2/t10-,11-,12-/m1/s1. The maximum absolute atomic E-state index is 11.9. The van der Waals surface area contributed by atoms with Crippen LogP contribution in [0.25, 0.3) is 21.5 Å². The summed E-state index contributed by atoms with van der Waals surface area (Å²) in [4.78, 5) is 44.4. The van der Waals surface area contributed by atoms with Crippen molar-refractivity contribution in [2.75, 3.05) is 25.6 Å². The van der Waals surface area contributed by atoms with Gasteiger partial charge in [-0.3, -0.25) is 9.13 Å². The van der Waals surface area contributed by atoms with Crippen LogP contribution in [0.2, 0.25) is 0 Å². The number of phosphoric acid groups is 2. The van der Waals surface area contributed by atoms with Crippen LogP contribution in [0, 0.1) is 11.8 Å². The topological polar surface area (TPSA) is 298 Å². The minimum absolute atomic E-state index is 0.0518. The van der Waals surface area contributed by atoms with Gasteiger partial charge in [-0.1, -0.05) is 21.3 Å². The smallest absolute Gasteiger partial charge is 0.496 e. The Balaban J connectivity index is 1.84. The SMILES string of the molecule is [N-]=[N+]=NCO[C@@H]1C[C@H](n2cc(C#CCN)c3c(N)ncnc32)O[C@@H]1COP(=O)([O-])OP(=O)([O-])O[P+](=O)[O-]. The first-order valence-electron chi connectivity index (χ1n) is 9.86. The number of hydrogen-bond donors (Lipinski definition) is 2. The molecule has 0 amide bonds. The van der Waals surface area contributed by atoms with Crippen LogP contribution in [0.15, 0.2) is 17.6 Å². The molecule has 19 nitrogen and oxygen atoms in total. The van der Waals surface area contributed by atoms with Crippen molar-refractivity contribution < 1.29 is 51.0 Å². The minimum atomic E-state index is -5.79. The molecule has 2 aromatic heterocycles. The molecule has 2 aromatic rings. The third-order valence-electron chi connectivity index (χ3n) is 4.63. The first-order valence-corrected chi connectivity index (χ1v) is 13.9. The van der Waals surface area contributed by atoms with Crippen LogP contribution >= 0.6 is 23.9 Å². The van der Waals surface area contributed by atoms with E-state index in [1.807, 2.05) is 0 Å². The second-order valence-electron chi connectivity index (χ2n) is 6.92. The van der Waals surface area contributed by atoms with Gasteiger partial charge < -0.3 is 44.7 Å². The zero-order valence-corrected chi connectivity index (χ0v) is 21.1. The molecular weight excluding hydrogens is 561 g/mol. The van der Waals surface area contributed by atoms with E-state index in [0.29, 0.717) is 16.6 Å². The van der Waals surface area contributed by atoms with Crippen LogP contribution in [0.3, 0.4) is 0 Å². The lowest BCUT2D eigenvalue weighted by molar-refractivity contribution is -0.244. The number of nitrogen functional groups attached to an aromatic ring is 1. The van der Waals surface area contributed by atoms with E-state index < -0.39 is 55.7 Å². The molecule has 3 heterocycles. The van der Waals surface area contributed by atoms with Crippen LogP contribution in [0.5, 0.6) is 0 Å². The summed E-state index contributed by atoms with van der Waals surface area (Å²) in [5.74, 6) is 5.67. The van der Waals surface area contributed by atoms with E-state index in [0.717, 1.165) is 0 Å². The molecular formula is C15H17N8O11P3-2. The number of rotatable bonds is 11. The lowest BCUT2D eigenvalue weighted by atomic mass is 10.2. The highest BCUT2D eigenvalue weighted by Crippen LogP contribution is 2.58. The molecule has 1 fully saturated rings. The van der Waals surface area contributed by atoms with Crippen molar-refractivity contribution in [2.24, 2.45) is 10.8 Å². The quantitative estimate of drug-likeness (QED) is 0.109. The van der Waals surface area contributed by atoms with Crippen molar-refractivity contribution in [1.29, 1.82) is 0 Å². The minimum Gasteiger partial charge on any atom is -0.756 e. The van der Waals surface area contributed by atoms with E-state index >= 15 is 0 Å². The van der Waals surface area contributed by atoms with Crippen molar-refractivity contribution in [3.63, 3.8) is 0 Å². The monoisotopic (exact) mass is 578 g/mol. The Kier molecular flexibility index (Phi) is 9.70. The second kappa shape index (κ2) is 12.4. The Morgan fingerprint density at radius 1 is 1.38 bits per heavy atom. The van der Waals surface area contributed by atoms with Crippen molar-refractivity contribution in [1.82, 2.24) is 14.5 Å². The van der Waals surface area contributed by atoms with Crippen molar-refractivity contribution in [3.8, 4) is 11.8 Å². The number of ether oxygens (including phenoxy) is 2. The van der Waals surface area contributed by atoms with Crippen LogP contribution in [0.1, 0.15) is 18.2 Å². The molecule has 3 unspecified atom stereocenters. The van der Waals surface area contributed by atoms with E-state index in [1.165, 1.54) is 10.9 Å². The highest BCUT2D eigenvalue weighted by Gasteiger charge is 2.39. The number of hydrogen-bond acceptors (Lipinski definition) is 16. The molecule has 0 spiro atoms. The van der Waals surface area contributed by atoms with Crippen LogP contribution in [-0.2, 0) is 36.3 Å². The van der Waals surface area contributed by atoms with Gasteiger partial charge in [0.15, 0.2) is 0 Å². The maximum atomic E-state index is 11.9. The van der Waals surface area contributed by atoms with Gasteiger partial charge in [-0.05, 0) is 10.1 Å². The number of phosphoric ester groups is 1. The number of aromatic nitrogens is 3. The van der Waals surface area contributed by atoms with Gasteiger partial charge in [-0.25, -0.2) is 14.3 Å². The van der Waals surface area contributed by atoms with Gasteiger partial charge in [0.2, 0.25) is 0 Å². The zero-order chi connectivity index (χ0) is 27.2. The first kappa shape index (κ1) is 29.1. The highest BCUT2D eigenvalue weighted by molar-refractivity contribution is 7.63. The number of fused-ring (bicyclic) bond motifs is 1. The molecule has 37 heavy (non-hydrogen) atoms. The largest absolute Gasteiger partial charge is 0.756 e. The molecule has 22 heteroatoms. The summed E-state index contributed by atoms with van der Waals surface area (Å²) < 4.78 is 58.2. The van der Waals surface area contributed by atoms with Crippen molar-refractivity contribution in [3.05, 3.63) is 28.5 Å². The molecule has 4 N–H and O–H groups in total. The van der Waals surface area contributed by atoms with Gasteiger partial charge in [-0.15, -0.1) is 0 Å². The predicted octanol–water partition coefficient (Wildman–Crippen LogP) is -0.731. The fraction of sp³-hybridized carbons (Fsp3) is 0.467. The lowest BCUT2D eigenvalue weighted by Gasteiger charge is -2.29. The number of nitrogens with zero attached hydrogens (tertiary/aromatic N) is 6.